The molecular weight excluding hydrogens is 460 g/mol. The number of rotatable bonds is 7. The second-order valence-electron chi connectivity index (χ2n) is 8.31. The molecule has 8 nitrogen and oxygen atoms in total. The highest BCUT2D eigenvalue weighted by Crippen LogP contribution is 2.40. The van der Waals surface area contributed by atoms with Gasteiger partial charge in [-0.05, 0) is 73.0 Å². The minimum absolute atomic E-state index is 0.00242. The number of esters is 1. The Morgan fingerprint density at radius 2 is 1.75 bits per heavy atom. The van der Waals surface area contributed by atoms with Gasteiger partial charge in [-0.2, -0.15) is 0 Å². The van der Waals surface area contributed by atoms with Crippen LogP contribution in [0.5, 0.6) is 5.75 Å². The lowest BCUT2D eigenvalue weighted by molar-refractivity contribution is -0.140. The first-order valence-electron chi connectivity index (χ1n) is 11.4. The van der Waals surface area contributed by atoms with Crippen LogP contribution in [0, 0.1) is 6.92 Å². The molecule has 184 valence electrons. The monoisotopic (exact) mass is 486 g/mol. The largest absolute Gasteiger partial charge is 0.507 e. The number of likely N-dealkylation sites (tertiary alicyclic amines) is 1. The summed E-state index contributed by atoms with van der Waals surface area (Å²) in [5, 5.41) is 11.3. The van der Waals surface area contributed by atoms with Crippen LogP contribution in [0.2, 0.25) is 0 Å². The molecule has 3 aromatic rings. The van der Waals surface area contributed by atoms with Crippen molar-refractivity contribution in [2.75, 3.05) is 13.7 Å². The second kappa shape index (κ2) is 10.4. The molecule has 2 aromatic carbocycles. The fourth-order valence-corrected chi connectivity index (χ4v) is 4.27. The molecule has 0 saturated carbocycles. The lowest BCUT2D eigenvalue weighted by Crippen LogP contribution is -2.29. The number of ketones is 1. The van der Waals surface area contributed by atoms with Gasteiger partial charge in [0, 0.05) is 24.5 Å². The van der Waals surface area contributed by atoms with Gasteiger partial charge in [-0.1, -0.05) is 12.1 Å². The standard InChI is InChI=1S/C28H26N2O6/c1-4-36-28(34)20-7-5-18(6-8-20)16-30-24(19-11-13-29-14-12-19)23(26(32)27(30)33)25(31)22-10-9-21(35-3)15-17(22)2/h5-15,24,31H,4,16H2,1-3H3/b25-23-. The van der Waals surface area contributed by atoms with Gasteiger partial charge in [0.1, 0.15) is 11.5 Å². The summed E-state index contributed by atoms with van der Waals surface area (Å²) in [6.45, 7) is 3.89. The van der Waals surface area contributed by atoms with E-state index in [1.165, 1.54) is 4.90 Å². The van der Waals surface area contributed by atoms with Gasteiger partial charge in [0.2, 0.25) is 0 Å². The van der Waals surface area contributed by atoms with E-state index < -0.39 is 23.7 Å². The van der Waals surface area contributed by atoms with Crippen molar-refractivity contribution in [3.05, 3.63) is 100 Å². The Bertz CT molecular complexity index is 1330. The number of ether oxygens (including phenoxy) is 2. The topological polar surface area (TPSA) is 106 Å². The quantitative estimate of drug-likeness (QED) is 0.231. The molecule has 4 rings (SSSR count). The molecule has 8 heteroatoms. The Morgan fingerprint density at radius 3 is 2.36 bits per heavy atom. The van der Waals surface area contributed by atoms with Crippen molar-refractivity contribution in [3.8, 4) is 5.75 Å². The first-order valence-corrected chi connectivity index (χ1v) is 11.4. The zero-order valence-electron chi connectivity index (χ0n) is 20.2. The summed E-state index contributed by atoms with van der Waals surface area (Å²) in [5.41, 5.74) is 2.88. The van der Waals surface area contributed by atoms with Crippen LogP contribution >= 0.6 is 0 Å². The summed E-state index contributed by atoms with van der Waals surface area (Å²) in [6.07, 6.45) is 3.14. The number of aromatic nitrogens is 1. The number of aryl methyl sites for hydroxylation is 1. The fourth-order valence-electron chi connectivity index (χ4n) is 4.27. The summed E-state index contributed by atoms with van der Waals surface area (Å²) in [5.74, 6) is -1.57. The lowest BCUT2D eigenvalue weighted by Gasteiger charge is -2.25. The van der Waals surface area contributed by atoms with Gasteiger partial charge >= 0.3 is 5.97 Å². The lowest BCUT2D eigenvalue weighted by atomic mass is 9.94. The Morgan fingerprint density at radius 1 is 1.06 bits per heavy atom. The highest BCUT2D eigenvalue weighted by atomic mass is 16.5. The molecule has 0 bridgehead atoms. The third-order valence-electron chi connectivity index (χ3n) is 6.07. The molecule has 1 amide bonds. The smallest absolute Gasteiger partial charge is 0.338 e. The number of nitrogens with zero attached hydrogens (tertiary/aromatic N) is 2. The molecule has 2 heterocycles. The molecule has 1 aliphatic heterocycles. The third kappa shape index (κ3) is 4.70. The third-order valence-corrected chi connectivity index (χ3v) is 6.07. The summed E-state index contributed by atoms with van der Waals surface area (Å²) >= 11 is 0. The van der Waals surface area contributed by atoms with Crippen molar-refractivity contribution in [3.63, 3.8) is 0 Å². The van der Waals surface area contributed by atoms with Crippen LogP contribution in [0.4, 0.5) is 0 Å². The number of carbonyl (C=O) groups is 3. The predicted molar refractivity (Wildman–Crippen MR) is 132 cm³/mol. The number of benzene rings is 2. The minimum atomic E-state index is -0.820. The van der Waals surface area contributed by atoms with Gasteiger partial charge in [-0.15, -0.1) is 0 Å². The number of aliphatic hydroxyl groups is 1. The molecule has 1 unspecified atom stereocenters. The number of methoxy groups -OCH3 is 1. The van der Waals surface area contributed by atoms with E-state index in [1.807, 2.05) is 0 Å². The van der Waals surface area contributed by atoms with Gasteiger partial charge in [0.05, 0.1) is 30.9 Å². The molecule has 36 heavy (non-hydrogen) atoms. The molecule has 1 aliphatic rings. The second-order valence-corrected chi connectivity index (χ2v) is 8.31. The van der Waals surface area contributed by atoms with Gasteiger partial charge in [-0.25, -0.2) is 4.79 Å². The molecule has 1 saturated heterocycles. The maximum atomic E-state index is 13.2. The van der Waals surface area contributed by atoms with E-state index in [0.717, 1.165) is 0 Å². The Kier molecular flexibility index (Phi) is 7.15. The van der Waals surface area contributed by atoms with Crippen LogP contribution in [-0.2, 0) is 20.9 Å². The maximum absolute atomic E-state index is 13.2. The fraction of sp³-hybridized carbons (Fsp3) is 0.214. The molecule has 0 aliphatic carbocycles. The maximum Gasteiger partial charge on any atom is 0.338 e. The molecule has 1 fully saturated rings. The van der Waals surface area contributed by atoms with Crippen molar-refractivity contribution in [2.45, 2.75) is 26.4 Å². The van der Waals surface area contributed by atoms with Crippen molar-refractivity contribution in [1.82, 2.24) is 9.88 Å². The van der Waals surface area contributed by atoms with Crippen LogP contribution in [0.15, 0.2) is 72.6 Å². The van der Waals surface area contributed by atoms with E-state index in [1.54, 1.807) is 87.9 Å². The molecular formula is C28H26N2O6. The van der Waals surface area contributed by atoms with E-state index >= 15 is 0 Å². The summed E-state index contributed by atoms with van der Waals surface area (Å²) in [7, 11) is 1.54. The zero-order chi connectivity index (χ0) is 25.8. The van der Waals surface area contributed by atoms with Crippen LogP contribution in [0.1, 0.15) is 45.6 Å². The highest BCUT2D eigenvalue weighted by molar-refractivity contribution is 6.46. The number of aliphatic hydroxyl groups excluding tert-OH is 1. The Labute approximate surface area is 208 Å². The van der Waals surface area contributed by atoms with Gasteiger partial charge in [-0.3, -0.25) is 14.6 Å². The number of pyridine rings is 1. The number of hydrogen-bond donors (Lipinski definition) is 1. The Balaban J connectivity index is 1.76. The van der Waals surface area contributed by atoms with Crippen molar-refractivity contribution < 1.29 is 29.0 Å². The number of hydrogen-bond acceptors (Lipinski definition) is 7. The van der Waals surface area contributed by atoms with Crippen molar-refractivity contribution >= 4 is 23.4 Å². The van der Waals surface area contributed by atoms with E-state index in [2.05, 4.69) is 4.98 Å². The summed E-state index contributed by atoms with van der Waals surface area (Å²) in [6, 6.07) is 14.4. The molecule has 1 N–H and O–H groups in total. The molecule has 1 atom stereocenters. The van der Waals surface area contributed by atoms with E-state index in [0.29, 0.717) is 33.6 Å². The average molecular weight is 487 g/mol. The van der Waals surface area contributed by atoms with Crippen LogP contribution < -0.4 is 4.74 Å². The first-order chi connectivity index (χ1) is 17.3. The first kappa shape index (κ1) is 24.7. The SMILES string of the molecule is CCOC(=O)c1ccc(CN2C(=O)C(=O)/C(=C(\O)c3ccc(OC)cc3C)C2c2ccncc2)cc1. The molecule has 0 radical (unpaired) electrons. The predicted octanol–water partition coefficient (Wildman–Crippen LogP) is 4.20. The highest BCUT2D eigenvalue weighted by Gasteiger charge is 2.46. The average Bonchev–Trinajstić information content (AvgIpc) is 3.14. The van der Waals surface area contributed by atoms with Crippen LogP contribution in [-0.4, -0.2) is 46.4 Å². The summed E-state index contributed by atoms with van der Waals surface area (Å²) in [4.78, 5) is 43.9. The normalized spacial score (nSPS) is 16.8. The van der Waals surface area contributed by atoms with Gasteiger partial charge in [0.25, 0.3) is 11.7 Å². The van der Waals surface area contributed by atoms with E-state index in [9.17, 15) is 19.5 Å². The van der Waals surface area contributed by atoms with Gasteiger partial charge < -0.3 is 19.5 Å². The number of carbonyl (C=O) groups excluding carboxylic acids is 3. The van der Waals surface area contributed by atoms with Crippen LogP contribution in [0.25, 0.3) is 5.76 Å². The van der Waals surface area contributed by atoms with E-state index in [4.69, 9.17) is 9.47 Å². The number of Topliss-reactive ketones (excluding diaryl/α,β-unsaturated/α-hetero) is 1. The minimum Gasteiger partial charge on any atom is -0.507 e. The summed E-state index contributed by atoms with van der Waals surface area (Å²) < 4.78 is 10.3. The zero-order valence-corrected chi connectivity index (χ0v) is 20.2. The van der Waals surface area contributed by atoms with Crippen LogP contribution in [0.3, 0.4) is 0 Å². The van der Waals surface area contributed by atoms with E-state index in [-0.39, 0.29) is 24.5 Å². The molecule has 0 spiro atoms. The Hall–Kier alpha value is -4.46. The molecule has 1 aromatic heterocycles. The van der Waals surface area contributed by atoms with Crippen molar-refractivity contribution in [1.29, 1.82) is 0 Å². The van der Waals surface area contributed by atoms with Crippen molar-refractivity contribution in [2.24, 2.45) is 0 Å². The number of amides is 1. The van der Waals surface area contributed by atoms with Gasteiger partial charge in [0.15, 0.2) is 0 Å².